The van der Waals surface area contributed by atoms with Gasteiger partial charge in [-0.2, -0.15) is 23.4 Å². The van der Waals surface area contributed by atoms with Crippen LogP contribution < -0.4 is 10.4 Å². The number of carboxylic acid groups (broad SMARTS) is 1. The van der Waals surface area contributed by atoms with Crippen LogP contribution in [-0.4, -0.2) is 46.0 Å². The summed E-state index contributed by atoms with van der Waals surface area (Å²) in [5.41, 5.74) is 2.65. The van der Waals surface area contributed by atoms with Crippen molar-refractivity contribution in [1.82, 2.24) is 15.4 Å². The highest BCUT2D eigenvalue weighted by molar-refractivity contribution is 5.73. The number of nitrogens with one attached hydrogen (secondary N) is 1. The maximum atomic E-state index is 11.8. The molecule has 12 heteroatoms. The highest BCUT2D eigenvalue weighted by Crippen LogP contribution is 2.13. The summed E-state index contributed by atoms with van der Waals surface area (Å²) < 4.78 is 36.9. The molecule has 0 aliphatic rings. The van der Waals surface area contributed by atoms with E-state index in [1.54, 1.807) is 11.1 Å². The summed E-state index contributed by atoms with van der Waals surface area (Å²) in [6.07, 6.45) is -3.56. The summed E-state index contributed by atoms with van der Waals surface area (Å²) >= 11 is 0. The van der Waals surface area contributed by atoms with E-state index < -0.39 is 18.2 Å². The molecule has 0 aliphatic heterocycles. The van der Waals surface area contributed by atoms with Crippen molar-refractivity contribution in [1.29, 1.82) is 5.26 Å². The fourth-order valence-corrected chi connectivity index (χ4v) is 1.52. The number of hydrogen-bond acceptors (Lipinski definition) is 7. The summed E-state index contributed by atoms with van der Waals surface area (Å²) in [7, 11) is 0. The number of alkyl halides is 3. The fraction of sp³-hybridized carbons (Fsp3) is 0.562. The SMILES string of the molecule is CCC(C)OC(=O)NN(CC(C)C)c1ccnc(C#N)n1.O=C(O)C(F)(F)F. The van der Waals surface area contributed by atoms with E-state index in [-0.39, 0.29) is 17.8 Å². The van der Waals surface area contributed by atoms with Gasteiger partial charge in [-0.3, -0.25) is 5.01 Å². The molecule has 0 aliphatic carbocycles. The molecular weight excluding hydrogens is 383 g/mol. The van der Waals surface area contributed by atoms with Crippen LogP contribution >= 0.6 is 0 Å². The zero-order chi connectivity index (χ0) is 21.9. The third-order valence-electron chi connectivity index (χ3n) is 2.92. The van der Waals surface area contributed by atoms with Gasteiger partial charge in [-0.25, -0.2) is 20.0 Å². The number of hydrazine groups is 1. The molecule has 1 unspecified atom stereocenters. The van der Waals surface area contributed by atoms with Gasteiger partial charge in [0.25, 0.3) is 0 Å². The Balaban J connectivity index is 0.000000887. The molecule has 1 aromatic heterocycles. The minimum atomic E-state index is -5.08. The first-order chi connectivity index (χ1) is 12.9. The number of carbonyl (C=O) groups excluding carboxylic acids is 1. The Hall–Kier alpha value is -3.10. The van der Waals surface area contributed by atoms with E-state index in [2.05, 4.69) is 15.4 Å². The lowest BCUT2D eigenvalue weighted by atomic mass is 10.2. The largest absolute Gasteiger partial charge is 0.490 e. The number of aromatic nitrogens is 2. The van der Waals surface area contributed by atoms with Crippen molar-refractivity contribution in [2.75, 3.05) is 11.6 Å². The molecule has 28 heavy (non-hydrogen) atoms. The molecule has 0 radical (unpaired) electrons. The molecule has 1 amide bonds. The minimum absolute atomic E-state index is 0.0540. The van der Waals surface area contributed by atoms with E-state index in [0.29, 0.717) is 12.4 Å². The van der Waals surface area contributed by atoms with Crippen LogP contribution in [0.4, 0.5) is 23.8 Å². The predicted molar refractivity (Wildman–Crippen MR) is 92.0 cm³/mol. The van der Waals surface area contributed by atoms with Gasteiger partial charge in [0.15, 0.2) is 5.82 Å². The van der Waals surface area contributed by atoms with Crippen LogP contribution in [0.1, 0.15) is 39.9 Å². The number of carboxylic acids is 1. The predicted octanol–water partition coefficient (Wildman–Crippen LogP) is 2.88. The Bertz CT molecular complexity index is 692. The van der Waals surface area contributed by atoms with Crippen LogP contribution in [-0.2, 0) is 9.53 Å². The quantitative estimate of drug-likeness (QED) is 0.692. The molecule has 0 saturated carbocycles. The highest BCUT2D eigenvalue weighted by Gasteiger charge is 2.38. The molecule has 0 saturated heterocycles. The topological polar surface area (TPSA) is 128 Å². The first-order valence-electron chi connectivity index (χ1n) is 8.18. The number of halogens is 3. The molecular formula is C16H22F3N5O4. The standard InChI is InChI=1S/C14H21N5O2.C2HF3O2/c1-5-11(4)21-14(20)18-19(9-10(2)3)13-6-7-16-12(8-15)17-13;3-2(4,5)1(6)7/h6-7,10-11H,5,9H2,1-4H3,(H,18,20);(H,6,7). The van der Waals surface area contributed by atoms with Crippen molar-refractivity contribution in [3.8, 4) is 6.07 Å². The van der Waals surface area contributed by atoms with Crippen LogP contribution in [0.3, 0.4) is 0 Å². The summed E-state index contributed by atoms with van der Waals surface area (Å²) in [5.74, 6) is -1.96. The van der Waals surface area contributed by atoms with Crippen molar-refractivity contribution in [3.63, 3.8) is 0 Å². The third kappa shape index (κ3) is 10.1. The molecule has 1 rings (SSSR count). The normalized spacial score (nSPS) is 11.5. The number of nitrogens with zero attached hydrogens (tertiary/aromatic N) is 4. The minimum Gasteiger partial charge on any atom is -0.475 e. The maximum Gasteiger partial charge on any atom is 0.490 e. The van der Waals surface area contributed by atoms with Gasteiger partial charge >= 0.3 is 18.2 Å². The van der Waals surface area contributed by atoms with Crippen molar-refractivity contribution >= 4 is 17.9 Å². The van der Waals surface area contributed by atoms with Crippen LogP contribution in [0.2, 0.25) is 0 Å². The number of ether oxygens (including phenoxy) is 1. The maximum absolute atomic E-state index is 11.8. The lowest BCUT2D eigenvalue weighted by Gasteiger charge is -2.26. The van der Waals surface area contributed by atoms with Crippen molar-refractivity contribution in [3.05, 3.63) is 18.1 Å². The summed E-state index contributed by atoms with van der Waals surface area (Å²) in [6, 6.07) is 3.51. The van der Waals surface area contributed by atoms with E-state index >= 15 is 0 Å². The van der Waals surface area contributed by atoms with Gasteiger partial charge < -0.3 is 9.84 Å². The van der Waals surface area contributed by atoms with Gasteiger partial charge in [-0.15, -0.1) is 0 Å². The Labute approximate surface area is 160 Å². The number of nitriles is 1. The molecule has 9 nitrogen and oxygen atoms in total. The molecule has 0 aromatic carbocycles. The Morgan fingerprint density at radius 3 is 2.39 bits per heavy atom. The molecule has 1 heterocycles. The lowest BCUT2D eigenvalue weighted by Crippen LogP contribution is -2.46. The van der Waals surface area contributed by atoms with Gasteiger partial charge in [-0.1, -0.05) is 20.8 Å². The van der Waals surface area contributed by atoms with Crippen molar-refractivity contribution in [2.24, 2.45) is 5.92 Å². The molecule has 0 spiro atoms. The van der Waals surface area contributed by atoms with Gasteiger partial charge in [0.05, 0.1) is 0 Å². The second-order valence-electron chi connectivity index (χ2n) is 5.89. The second kappa shape index (κ2) is 11.6. The zero-order valence-electron chi connectivity index (χ0n) is 15.8. The van der Waals surface area contributed by atoms with Crippen LogP contribution in [0.5, 0.6) is 0 Å². The van der Waals surface area contributed by atoms with Crippen LogP contribution in [0.25, 0.3) is 0 Å². The first kappa shape index (κ1) is 24.9. The van der Waals surface area contributed by atoms with Crippen LogP contribution in [0, 0.1) is 17.2 Å². The summed E-state index contributed by atoms with van der Waals surface area (Å²) in [6.45, 7) is 8.33. The van der Waals surface area contributed by atoms with Crippen molar-refractivity contribution < 1.29 is 32.6 Å². The Morgan fingerprint density at radius 1 is 1.39 bits per heavy atom. The smallest absolute Gasteiger partial charge is 0.475 e. The monoisotopic (exact) mass is 405 g/mol. The number of rotatable bonds is 6. The van der Waals surface area contributed by atoms with E-state index in [4.69, 9.17) is 19.9 Å². The first-order valence-corrected chi connectivity index (χ1v) is 8.18. The van der Waals surface area contributed by atoms with E-state index in [1.807, 2.05) is 33.8 Å². The summed E-state index contributed by atoms with van der Waals surface area (Å²) in [4.78, 5) is 28.6. The number of anilines is 1. The van der Waals surface area contributed by atoms with Gasteiger partial charge in [0.2, 0.25) is 5.82 Å². The molecule has 156 valence electrons. The number of amides is 1. The van der Waals surface area contributed by atoms with Gasteiger partial charge in [0.1, 0.15) is 12.2 Å². The molecule has 1 atom stereocenters. The van der Waals surface area contributed by atoms with Crippen LogP contribution in [0.15, 0.2) is 12.3 Å². The number of hydrogen-bond donors (Lipinski definition) is 2. The molecule has 0 bridgehead atoms. The Morgan fingerprint density at radius 2 is 1.96 bits per heavy atom. The average molecular weight is 405 g/mol. The Kier molecular flexibility index (Phi) is 10.3. The highest BCUT2D eigenvalue weighted by atomic mass is 19.4. The third-order valence-corrected chi connectivity index (χ3v) is 2.92. The average Bonchev–Trinajstić information content (AvgIpc) is 2.60. The molecule has 2 N–H and O–H groups in total. The van der Waals surface area contributed by atoms with E-state index in [1.165, 1.54) is 6.20 Å². The van der Waals surface area contributed by atoms with E-state index in [0.717, 1.165) is 6.42 Å². The van der Waals surface area contributed by atoms with E-state index in [9.17, 15) is 18.0 Å². The van der Waals surface area contributed by atoms with Gasteiger partial charge in [0, 0.05) is 18.8 Å². The number of aliphatic carboxylic acids is 1. The number of carbonyl (C=O) groups is 2. The van der Waals surface area contributed by atoms with Gasteiger partial charge in [-0.05, 0) is 19.3 Å². The fourth-order valence-electron chi connectivity index (χ4n) is 1.52. The lowest BCUT2D eigenvalue weighted by molar-refractivity contribution is -0.192. The summed E-state index contributed by atoms with van der Waals surface area (Å²) in [5, 5.41) is 17.5. The second-order valence-corrected chi connectivity index (χ2v) is 5.89. The van der Waals surface area contributed by atoms with Crippen molar-refractivity contribution in [2.45, 2.75) is 46.4 Å². The molecule has 0 fully saturated rings. The zero-order valence-corrected chi connectivity index (χ0v) is 15.8. The molecule has 1 aromatic rings.